The number of carbonyl (C=O) groups excluding carboxylic acids is 1. The van der Waals surface area contributed by atoms with Gasteiger partial charge in [0.05, 0.1) is 12.2 Å². The van der Waals surface area contributed by atoms with Gasteiger partial charge in [0.1, 0.15) is 0 Å². The number of nitrogens with one attached hydrogen (secondary N) is 2. The minimum atomic E-state index is -0.0754. The summed E-state index contributed by atoms with van der Waals surface area (Å²) >= 11 is 0. The van der Waals surface area contributed by atoms with Gasteiger partial charge in [-0.05, 0) is 19.2 Å². The number of aromatic nitrogens is 1. The van der Waals surface area contributed by atoms with E-state index in [1.54, 1.807) is 19.3 Å². The topological polar surface area (TPSA) is 57.3 Å². The first-order valence-electron chi connectivity index (χ1n) is 4.72. The Morgan fingerprint density at radius 3 is 2.87 bits per heavy atom. The van der Waals surface area contributed by atoms with E-state index in [-0.39, 0.29) is 5.91 Å². The van der Waals surface area contributed by atoms with Gasteiger partial charge in [0.15, 0.2) is 5.82 Å². The van der Waals surface area contributed by atoms with E-state index in [9.17, 15) is 4.79 Å². The lowest BCUT2D eigenvalue weighted by molar-refractivity contribution is -0.115. The molecule has 1 amide bonds. The molecule has 1 aromatic rings. The van der Waals surface area contributed by atoms with Gasteiger partial charge in [0.2, 0.25) is 5.91 Å². The Morgan fingerprint density at radius 1 is 1.53 bits per heavy atom. The fourth-order valence-electron chi connectivity index (χ4n) is 1.21. The first-order valence-corrected chi connectivity index (χ1v) is 4.72. The molecule has 0 aliphatic heterocycles. The number of likely N-dealkylation sites (N-methyl/N-ethyl adjacent to an activating group) is 1. The minimum Gasteiger partial charge on any atom is -0.361 e. The van der Waals surface area contributed by atoms with Crippen LogP contribution in [0.15, 0.2) is 18.3 Å². The largest absolute Gasteiger partial charge is 0.361 e. The van der Waals surface area contributed by atoms with Crippen molar-refractivity contribution in [2.45, 2.75) is 0 Å². The lowest BCUT2D eigenvalue weighted by Gasteiger charge is -2.16. The molecule has 0 spiro atoms. The van der Waals surface area contributed by atoms with Crippen LogP contribution < -0.4 is 15.5 Å². The summed E-state index contributed by atoms with van der Waals surface area (Å²) in [5.74, 6) is 0.676. The molecule has 0 fully saturated rings. The van der Waals surface area contributed by atoms with E-state index >= 15 is 0 Å². The number of rotatable bonds is 4. The van der Waals surface area contributed by atoms with Crippen LogP contribution in [-0.4, -0.2) is 38.6 Å². The molecule has 1 rings (SSSR count). The Morgan fingerprint density at radius 2 is 2.27 bits per heavy atom. The molecule has 0 unspecified atom stereocenters. The fraction of sp³-hybridized carbons (Fsp3) is 0.400. The van der Waals surface area contributed by atoms with Gasteiger partial charge in [-0.3, -0.25) is 4.79 Å². The molecule has 1 heterocycles. The highest BCUT2D eigenvalue weighted by atomic mass is 16.1. The lowest BCUT2D eigenvalue weighted by atomic mass is 10.3. The van der Waals surface area contributed by atoms with Crippen LogP contribution in [0.25, 0.3) is 0 Å². The summed E-state index contributed by atoms with van der Waals surface area (Å²) < 4.78 is 0. The Kier molecular flexibility index (Phi) is 4.05. The van der Waals surface area contributed by atoms with Crippen molar-refractivity contribution in [2.24, 2.45) is 0 Å². The standard InChI is InChI=1S/C10H16N4O/c1-11-7-9(15)13-8-5-4-6-12-10(8)14(2)3/h4-6,11H,7H2,1-3H3,(H,13,15). The summed E-state index contributed by atoms with van der Waals surface area (Å²) in [7, 11) is 5.50. The van der Waals surface area contributed by atoms with Crippen molar-refractivity contribution in [1.82, 2.24) is 10.3 Å². The minimum absolute atomic E-state index is 0.0754. The van der Waals surface area contributed by atoms with E-state index in [0.29, 0.717) is 6.54 Å². The monoisotopic (exact) mass is 208 g/mol. The van der Waals surface area contributed by atoms with Crippen LogP contribution in [0.3, 0.4) is 0 Å². The zero-order chi connectivity index (χ0) is 11.3. The molecule has 0 radical (unpaired) electrons. The molecule has 0 aromatic carbocycles. The zero-order valence-electron chi connectivity index (χ0n) is 9.24. The number of anilines is 2. The number of pyridine rings is 1. The maximum absolute atomic E-state index is 11.4. The van der Waals surface area contributed by atoms with E-state index in [4.69, 9.17) is 0 Å². The van der Waals surface area contributed by atoms with Crippen LogP contribution in [-0.2, 0) is 4.79 Å². The number of hydrogen-bond donors (Lipinski definition) is 2. The molecule has 0 bridgehead atoms. The first kappa shape index (κ1) is 11.5. The quantitative estimate of drug-likeness (QED) is 0.747. The predicted octanol–water partition coefficient (Wildman–Crippen LogP) is 0.305. The zero-order valence-corrected chi connectivity index (χ0v) is 9.24. The van der Waals surface area contributed by atoms with Crippen LogP contribution >= 0.6 is 0 Å². The highest BCUT2D eigenvalue weighted by Crippen LogP contribution is 2.19. The maximum Gasteiger partial charge on any atom is 0.238 e. The molecule has 5 heteroatoms. The van der Waals surface area contributed by atoms with Crippen molar-refractivity contribution in [3.8, 4) is 0 Å². The number of nitrogens with zero attached hydrogens (tertiary/aromatic N) is 2. The number of hydrogen-bond acceptors (Lipinski definition) is 4. The van der Waals surface area contributed by atoms with E-state index in [1.165, 1.54) is 0 Å². The second-order valence-corrected chi connectivity index (χ2v) is 3.35. The third-order valence-corrected chi connectivity index (χ3v) is 1.82. The molecule has 0 atom stereocenters. The molecule has 0 saturated carbocycles. The first-order chi connectivity index (χ1) is 7.15. The molecule has 82 valence electrons. The maximum atomic E-state index is 11.4. The van der Waals surface area contributed by atoms with E-state index in [0.717, 1.165) is 11.5 Å². The van der Waals surface area contributed by atoms with Crippen molar-refractivity contribution in [1.29, 1.82) is 0 Å². The Bertz CT molecular complexity index is 338. The van der Waals surface area contributed by atoms with Gasteiger partial charge >= 0.3 is 0 Å². The summed E-state index contributed by atoms with van der Waals surface area (Å²) in [6.45, 7) is 0.293. The van der Waals surface area contributed by atoms with E-state index in [2.05, 4.69) is 15.6 Å². The second-order valence-electron chi connectivity index (χ2n) is 3.35. The molecule has 0 saturated heterocycles. The normalized spacial score (nSPS) is 9.80. The highest BCUT2D eigenvalue weighted by Gasteiger charge is 2.07. The van der Waals surface area contributed by atoms with Crippen molar-refractivity contribution in [3.63, 3.8) is 0 Å². The van der Waals surface area contributed by atoms with E-state index < -0.39 is 0 Å². The Hall–Kier alpha value is -1.62. The summed E-state index contributed by atoms with van der Waals surface area (Å²) in [5.41, 5.74) is 0.725. The summed E-state index contributed by atoms with van der Waals surface area (Å²) in [6, 6.07) is 3.62. The van der Waals surface area contributed by atoms with Gasteiger partial charge in [0.25, 0.3) is 0 Å². The number of amides is 1. The van der Waals surface area contributed by atoms with Crippen LogP contribution in [0, 0.1) is 0 Å². The van der Waals surface area contributed by atoms with Gasteiger partial charge in [-0.25, -0.2) is 4.98 Å². The van der Waals surface area contributed by atoms with Gasteiger partial charge in [-0.2, -0.15) is 0 Å². The summed E-state index contributed by atoms with van der Waals surface area (Å²) in [5, 5.41) is 5.58. The average molecular weight is 208 g/mol. The van der Waals surface area contributed by atoms with Gasteiger partial charge in [-0.1, -0.05) is 0 Å². The molecular weight excluding hydrogens is 192 g/mol. The van der Waals surface area contributed by atoms with E-state index in [1.807, 2.05) is 25.1 Å². The molecule has 2 N–H and O–H groups in total. The average Bonchev–Trinajstić information content (AvgIpc) is 2.18. The molecular formula is C10H16N4O. The molecule has 15 heavy (non-hydrogen) atoms. The van der Waals surface area contributed by atoms with Crippen LogP contribution in [0.5, 0.6) is 0 Å². The lowest BCUT2D eigenvalue weighted by Crippen LogP contribution is -2.26. The van der Waals surface area contributed by atoms with Gasteiger partial charge in [0, 0.05) is 20.3 Å². The number of carbonyl (C=O) groups is 1. The van der Waals surface area contributed by atoms with Gasteiger partial charge in [-0.15, -0.1) is 0 Å². The SMILES string of the molecule is CNCC(=O)Nc1cccnc1N(C)C. The molecule has 0 aliphatic rings. The second kappa shape index (κ2) is 5.31. The van der Waals surface area contributed by atoms with Gasteiger partial charge < -0.3 is 15.5 Å². The smallest absolute Gasteiger partial charge is 0.238 e. The third-order valence-electron chi connectivity index (χ3n) is 1.82. The van der Waals surface area contributed by atoms with Crippen molar-refractivity contribution >= 4 is 17.4 Å². The summed E-state index contributed by atoms with van der Waals surface area (Å²) in [6.07, 6.45) is 1.70. The fourth-order valence-corrected chi connectivity index (χ4v) is 1.21. The van der Waals surface area contributed by atoms with Crippen molar-refractivity contribution in [3.05, 3.63) is 18.3 Å². The highest BCUT2D eigenvalue weighted by molar-refractivity contribution is 5.94. The Balaban J connectivity index is 2.80. The molecule has 5 nitrogen and oxygen atoms in total. The van der Waals surface area contributed by atoms with Crippen LogP contribution in [0.4, 0.5) is 11.5 Å². The van der Waals surface area contributed by atoms with Crippen LogP contribution in [0.2, 0.25) is 0 Å². The summed E-state index contributed by atoms with van der Waals surface area (Å²) in [4.78, 5) is 17.4. The molecule has 1 aromatic heterocycles. The predicted molar refractivity (Wildman–Crippen MR) is 61.1 cm³/mol. The van der Waals surface area contributed by atoms with Crippen molar-refractivity contribution < 1.29 is 4.79 Å². The third kappa shape index (κ3) is 3.21. The Labute approximate surface area is 89.5 Å². The van der Waals surface area contributed by atoms with Crippen molar-refractivity contribution in [2.75, 3.05) is 37.9 Å². The van der Waals surface area contributed by atoms with Crippen LogP contribution in [0.1, 0.15) is 0 Å². The molecule has 0 aliphatic carbocycles.